The Balaban J connectivity index is 1.90. The van der Waals surface area contributed by atoms with Crippen LogP contribution in [0.25, 0.3) is 0 Å². The molecule has 12 heteroatoms. The van der Waals surface area contributed by atoms with E-state index in [2.05, 4.69) is 30.0 Å². The Morgan fingerprint density at radius 3 is 2.56 bits per heavy atom. The molecule has 0 aliphatic carbocycles. The summed E-state index contributed by atoms with van der Waals surface area (Å²) in [5.74, 6) is -1.90. The molecule has 1 heterocycles. The zero-order valence-corrected chi connectivity index (χ0v) is 16.4. The fourth-order valence-electron chi connectivity index (χ4n) is 2.19. The topological polar surface area (TPSA) is 108 Å². The number of nitrogens with zero attached hydrogens (tertiary/aromatic N) is 2. The third-order valence-corrected chi connectivity index (χ3v) is 5.60. The molecule has 0 atom stereocenters. The molecule has 150 valence electrons. The van der Waals surface area contributed by atoms with Crippen LogP contribution >= 0.6 is 11.5 Å². The van der Waals surface area contributed by atoms with Gasteiger partial charge in [0.1, 0.15) is 22.9 Å². The van der Waals surface area contributed by atoms with E-state index in [9.17, 15) is 17.2 Å². The van der Waals surface area contributed by atoms with Crippen LogP contribution in [0.4, 0.5) is 19.6 Å². The average Bonchev–Trinajstić information content (AvgIpc) is 3.11. The van der Waals surface area contributed by atoms with E-state index < -0.39 is 26.6 Å². The van der Waals surface area contributed by atoms with Crippen molar-refractivity contribution in [2.45, 2.75) is 17.7 Å². The van der Waals surface area contributed by atoms with Crippen LogP contribution < -0.4 is 20.7 Å². The van der Waals surface area contributed by atoms with Crippen molar-refractivity contribution >= 4 is 32.4 Å². The molecular weight excluding hydrogens is 398 g/mol. The highest BCUT2D eigenvalue weighted by Crippen LogP contribution is 2.25. The third-order valence-electron chi connectivity index (χ3n) is 3.54. The van der Waals surface area contributed by atoms with Gasteiger partial charge in [0, 0.05) is 37.2 Å². The number of aromatic nitrogens is 2. The monoisotopic (exact) mass is 420 g/mol. The first-order valence-corrected chi connectivity index (χ1v) is 10.6. The van der Waals surface area contributed by atoms with Crippen molar-refractivity contribution in [2.24, 2.45) is 0 Å². The molecule has 0 bridgehead atoms. The quantitative estimate of drug-likeness (QED) is 0.387. The Kier molecular flexibility index (Phi) is 8.28. The number of unbranched alkanes of at least 4 members (excludes halogenated alkanes) is 1. The lowest BCUT2D eigenvalue weighted by Crippen LogP contribution is -2.25. The van der Waals surface area contributed by atoms with Crippen LogP contribution in [0, 0.1) is 11.6 Å². The van der Waals surface area contributed by atoms with Gasteiger partial charge in [0.2, 0.25) is 5.13 Å². The molecule has 27 heavy (non-hydrogen) atoms. The summed E-state index contributed by atoms with van der Waals surface area (Å²) in [6, 6.07) is 1.50. The third kappa shape index (κ3) is 6.65. The number of rotatable bonds is 12. The average molecular weight is 421 g/mol. The van der Waals surface area contributed by atoms with Gasteiger partial charge in [-0.25, -0.2) is 22.2 Å². The SMILES string of the molecule is CNCCNCCCCNc1cc(F)c(S(=O)(=O)Nc2ncns2)cc1F. The Hall–Kier alpha value is -1.89. The van der Waals surface area contributed by atoms with E-state index >= 15 is 0 Å². The summed E-state index contributed by atoms with van der Waals surface area (Å²) >= 11 is 0.791. The van der Waals surface area contributed by atoms with Crippen LogP contribution in [0.15, 0.2) is 23.4 Å². The molecule has 0 aliphatic rings. The molecule has 2 rings (SSSR count). The van der Waals surface area contributed by atoms with Gasteiger partial charge in [-0.3, -0.25) is 4.72 Å². The molecular formula is C15H22F2N6O2S2. The molecule has 0 aliphatic heterocycles. The largest absolute Gasteiger partial charge is 0.383 e. The zero-order valence-electron chi connectivity index (χ0n) is 14.8. The highest BCUT2D eigenvalue weighted by molar-refractivity contribution is 7.93. The van der Waals surface area contributed by atoms with Gasteiger partial charge in [-0.1, -0.05) is 0 Å². The van der Waals surface area contributed by atoms with Gasteiger partial charge >= 0.3 is 0 Å². The molecule has 1 aromatic heterocycles. The van der Waals surface area contributed by atoms with E-state index in [1.54, 1.807) is 0 Å². The highest BCUT2D eigenvalue weighted by atomic mass is 32.2. The Morgan fingerprint density at radius 1 is 1.07 bits per heavy atom. The van der Waals surface area contributed by atoms with E-state index in [1.165, 1.54) is 0 Å². The van der Waals surface area contributed by atoms with Crippen molar-refractivity contribution in [3.05, 3.63) is 30.1 Å². The Labute approximate surface area is 161 Å². The van der Waals surface area contributed by atoms with Gasteiger partial charge in [0.15, 0.2) is 0 Å². The first kappa shape index (κ1) is 21.4. The minimum atomic E-state index is -4.29. The molecule has 0 unspecified atom stereocenters. The number of sulfonamides is 1. The van der Waals surface area contributed by atoms with Gasteiger partial charge in [-0.2, -0.15) is 4.37 Å². The standard InChI is InChI=1S/C15H22F2N6O2S2/c1-18-6-7-19-4-2-3-5-20-13-8-12(17)14(9-11(13)16)27(24,25)23-15-21-10-22-26-15/h8-10,18-20H,2-7H2,1H3,(H,21,22,23). The second kappa shape index (κ2) is 10.4. The van der Waals surface area contributed by atoms with Crippen molar-refractivity contribution < 1.29 is 17.2 Å². The predicted octanol–water partition coefficient (Wildman–Crippen LogP) is 1.62. The highest BCUT2D eigenvalue weighted by Gasteiger charge is 2.23. The van der Waals surface area contributed by atoms with Crippen LogP contribution in [-0.2, 0) is 10.0 Å². The minimum absolute atomic E-state index is 0.0275. The lowest BCUT2D eigenvalue weighted by molar-refractivity contribution is 0.556. The van der Waals surface area contributed by atoms with Crippen LogP contribution in [-0.4, -0.2) is 51.0 Å². The Morgan fingerprint density at radius 2 is 1.85 bits per heavy atom. The van der Waals surface area contributed by atoms with Crippen molar-refractivity contribution in [3.8, 4) is 0 Å². The van der Waals surface area contributed by atoms with Gasteiger partial charge in [-0.15, -0.1) is 0 Å². The maximum absolute atomic E-state index is 14.2. The van der Waals surface area contributed by atoms with E-state index in [1.807, 2.05) is 7.05 Å². The van der Waals surface area contributed by atoms with Crippen LogP contribution in [0.2, 0.25) is 0 Å². The summed E-state index contributed by atoms with van der Waals surface area (Å²) in [6.45, 7) is 3.02. The van der Waals surface area contributed by atoms with E-state index in [-0.39, 0.29) is 10.8 Å². The molecule has 0 radical (unpaired) electrons. The summed E-state index contributed by atoms with van der Waals surface area (Å²) in [7, 11) is -2.41. The number of benzene rings is 1. The zero-order chi connectivity index (χ0) is 19.7. The molecule has 1 aromatic carbocycles. The summed E-state index contributed by atoms with van der Waals surface area (Å²) in [5, 5.41) is 9.03. The molecule has 0 fully saturated rings. The molecule has 8 nitrogen and oxygen atoms in total. The summed E-state index contributed by atoms with van der Waals surface area (Å²) in [6.07, 6.45) is 2.79. The van der Waals surface area contributed by atoms with Gasteiger partial charge in [-0.05, 0) is 32.5 Å². The lowest BCUT2D eigenvalue weighted by atomic mass is 10.2. The normalized spacial score (nSPS) is 11.5. The molecule has 0 amide bonds. The first-order chi connectivity index (χ1) is 12.9. The maximum Gasteiger partial charge on any atom is 0.266 e. The van der Waals surface area contributed by atoms with Crippen molar-refractivity contribution in [3.63, 3.8) is 0 Å². The van der Waals surface area contributed by atoms with E-state index in [4.69, 9.17) is 0 Å². The fourth-order valence-corrected chi connectivity index (χ4v) is 3.93. The number of nitrogens with one attached hydrogen (secondary N) is 4. The number of hydrogen-bond donors (Lipinski definition) is 4. The minimum Gasteiger partial charge on any atom is -0.383 e. The molecule has 0 spiro atoms. The molecule has 4 N–H and O–H groups in total. The van der Waals surface area contributed by atoms with Crippen LogP contribution in [0.3, 0.4) is 0 Å². The smallest absolute Gasteiger partial charge is 0.266 e. The molecule has 0 saturated heterocycles. The van der Waals surface area contributed by atoms with Crippen molar-refractivity contribution in [2.75, 3.05) is 43.3 Å². The summed E-state index contributed by atoms with van der Waals surface area (Å²) in [5.41, 5.74) is -0.0782. The van der Waals surface area contributed by atoms with Gasteiger partial charge in [0.05, 0.1) is 5.69 Å². The van der Waals surface area contributed by atoms with Crippen LogP contribution in [0.5, 0.6) is 0 Å². The number of hydrogen-bond acceptors (Lipinski definition) is 8. The van der Waals surface area contributed by atoms with E-state index in [0.717, 1.165) is 56.4 Å². The molecule has 0 saturated carbocycles. The van der Waals surface area contributed by atoms with Crippen molar-refractivity contribution in [1.29, 1.82) is 0 Å². The fraction of sp³-hybridized carbons (Fsp3) is 0.467. The summed E-state index contributed by atoms with van der Waals surface area (Å²) < 4.78 is 58.5. The summed E-state index contributed by atoms with van der Waals surface area (Å²) in [4.78, 5) is 2.88. The van der Waals surface area contributed by atoms with Crippen molar-refractivity contribution in [1.82, 2.24) is 20.0 Å². The second-order valence-corrected chi connectivity index (χ2v) is 8.03. The number of likely N-dealkylation sites (N-methyl/N-ethyl adjacent to an activating group) is 1. The van der Waals surface area contributed by atoms with Gasteiger partial charge in [0.25, 0.3) is 10.0 Å². The maximum atomic E-state index is 14.2. The Bertz CT molecular complexity index is 818. The second-order valence-electron chi connectivity index (χ2n) is 5.60. The van der Waals surface area contributed by atoms with Gasteiger partial charge < -0.3 is 16.0 Å². The first-order valence-electron chi connectivity index (χ1n) is 8.32. The van der Waals surface area contributed by atoms with Crippen LogP contribution in [0.1, 0.15) is 12.8 Å². The number of halogens is 2. The lowest BCUT2D eigenvalue weighted by Gasteiger charge is -2.11. The van der Waals surface area contributed by atoms with E-state index in [0.29, 0.717) is 12.6 Å². The number of anilines is 2. The predicted molar refractivity (Wildman–Crippen MR) is 102 cm³/mol. The molecule has 2 aromatic rings.